The Morgan fingerprint density at radius 2 is 1.78 bits per heavy atom. The first-order chi connectivity index (χ1) is 8.83. The van der Waals surface area contributed by atoms with Crippen molar-refractivity contribution in [3.63, 3.8) is 0 Å². The first kappa shape index (κ1) is 10.9. The maximum Gasteiger partial charge on any atom is 0.222 e. The van der Waals surface area contributed by atoms with Crippen LogP contribution in [0.15, 0.2) is 43.0 Å². The highest BCUT2D eigenvalue weighted by Crippen LogP contribution is 2.21. The fraction of sp³-hybridized carbons (Fsp3) is 0. The molecule has 0 aromatic carbocycles. The van der Waals surface area contributed by atoms with E-state index in [1.165, 1.54) is 0 Å². The van der Waals surface area contributed by atoms with Crippen LogP contribution in [0, 0.1) is 0 Å². The SMILES string of the molecule is Clc1ncc(Nc2nccc3cccnc23)cn1. The molecular weight excluding hydrogens is 250 g/mol. The summed E-state index contributed by atoms with van der Waals surface area (Å²) in [5.41, 5.74) is 1.51. The Bertz CT molecular complexity index is 678. The van der Waals surface area contributed by atoms with Gasteiger partial charge in [0.05, 0.1) is 18.1 Å². The summed E-state index contributed by atoms with van der Waals surface area (Å²) in [6, 6.07) is 5.77. The predicted molar refractivity (Wildman–Crippen MR) is 69.9 cm³/mol. The van der Waals surface area contributed by atoms with E-state index in [1.807, 2.05) is 18.2 Å². The highest BCUT2D eigenvalue weighted by Gasteiger charge is 2.04. The van der Waals surface area contributed by atoms with Gasteiger partial charge in [-0.05, 0) is 23.7 Å². The smallest absolute Gasteiger partial charge is 0.222 e. The van der Waals surface area contributed by atoms with Crippen LogP contribution in [-0.4, -0.2) is 19.9 Å². The first-order valence-corrected chi connectivity index (χ1v) is 5.65. The van der Waals surface area contributed by atoms with Crippen molar-refractivity contribution in [3.8, 4) is 0 Å². The Hall–Kier alpha value is -2.27. The topological polar surface area (TPSA) is 63.6 Å². The molecule has 0 aliphatic carbocycles. The lowest BCUT2D eigenvalue weighted by Crippen LogP contribution is -1.97. The number of anilines is 2. The van der Waals surface area contributed by atoms with Crippen molar-refractivity contribution in [1.29, 1.82) is 0 Å². The minimum Gasteiger partial charge on any atom is -0.336 e. The highest BCUT2D eigenvalue weighted by molar-refractivity contribution is 6.28. The van der Waals surface area contributed by atoms with Crippen LogP contribution in [0.2, 0.25) is 5.28 Å². The molecular formula is C12H8ClN5. The molecule has 0 saturated carbocycles. The average Bonchev–Trinajstić information content (AvgIpc) is 2.42. The van der Waals surface area contributed by atoms with Crippen LogP contribution in [0.1, 0.15) is 0 Å². The summed E-state index contributed by atoms with van der Waals surface area (Å²) in [6.07, 6.45) is 6.65. The van der Waals surface area contributed by atoms with Gasteiger partial charge in [-0.15, -0.1) is 0 Å². The number of aromatic nitrogens is 4. The summed E-state index contributed by atoms with van der Waals surface area (Å²) < 4.78 is 0. The van der Waals surface area contributed by atoms with E-state index in [0.29, 0.717) is 11.5 Å². The van der Waals surface area contributed by atoms with Crippen LogP contribution in [-0.2, 0) is 0 Å². The maximum atomic E-state index is 5.63. The molecule has 0 aliphatic heterocycles. The number of halogens is 1. The zero-order chi connectivity index (χ0) is 12.4. The van der Waals surface area contributed by atoms with Gasteiger partial charge in [0.1, 0.15) is 5.52 Å². The molecule has 0 amide bonds. The molecule has 0 saturated heterocycles. The Labute approximate surface area is 108 Å². The molecule has 0 unspecified atom stereocenters. The second-order valence-electron chi connectivity index (χ2n) is 3.60. The Morgan fingerprint density at radius 3 is 2.61 bits per heavy atom. The van der Waals surface area contributed by atoms with Crippen molar-refractivity contribution in [2.24, 2.45) is 0 Å². The van der Waals surface area contributed by atoms with Gasteiger partial charge in [0.25, 0.3) is 0 Å². The molecule has 18 heavy (non-hydrogen) atoms. The van der Waals surface area contributed by atoms with E-state index in [4.69, 9.17) is 11.6 Å². The highest BCUT2D eigenvalue weighted by atomic mass is 35.5. The summed E-state index contributed by atoms with van der Waals surface area (Å²) in [5, 5.41) is 4.35. The van der Waals surface area contributed by atoms with Crippen LogP contribution in [0.4, 0.5) is 11.5 Å². The predicted octanol–water partition coefficient (Wildman–Crippen LogP) is 2.82. The molecule has 3 aromatic rings. The molecule has 3 aromatic heterocycles. The molecule has 0 radical (unpaired) electrons. The van der Waals surface area contributed by atoms with Gasteiger partial charge in [0, 0.05) is 17.8 Å². The fourth-order valence-electron chi connectivity index (χ4n) is 1.61. The van der Waals surface area contributed by atoms with E-state index in [9.17, 15) is 0 Å². The Kier molecular flexibility index (Phi) is 2.74. The van der Waals surface area contributed by atoms with E-state index in [-0.39, 0.29) is 5.28 Å². The van der Waals surface area contributed by atoms with Gasteiger partial charge in [0.2, 0.25) is 5.28 Å². The average molecular weight is 258 g/mol. The second kappa shape index (κ2) is 4.54. The van der Waals surface area contributed by atoms with Crippen molar-refractivity contribution < 1.29 is 0 Å². The van der Waals surface area contributed by atoms with Crippen molar-refractivity contribution in [2.75, 3.05) is 5.32 Å². The van der Waals surface area contributed by atoms with Gasteiger partial charge in [-0.25, -0.2) is 15.0 Å². The number of pyridine rings is 2. The summed E-state index contributed by atoms with van der Waals surface area (Å²) in [4.78, 5) is 16.4. The monoisotopic (exact) mass is 257 g/mol. The minimum atomic E-state index is 0.213. The molecule has 0 aliphatic rings. The van der Waals surface area contributed by atoms with Crippen molar-refractivity contribution in [3.05, 3.63) is 48.3 Å². The van der Waals surface area contributed by atoms with Crippen molar-refractivity contribution in [1.82, 2.24) is 19.9 Å². The molecule has 3 heterocycles. The van der Waals surface area contributed by atoms with Gasteiger partial charge in [-0.2, -0.15) is 0 Å². The lowest BCUT2D eigenvalue weighted by atomic mass is 10.2. The number of nitrogens with zero attached hydrogens (tertiary/aromatic N) is 4. The molecule has 6 heteroatoms. The molecule has 0 fully saturated rings. The quantitative estimate of drug-likeness (QED) is 0.715. The third kappa shape index (κ3) is 2.08. The van der Waals surface area contributed by atoms with Crippen LogP contribution in [0.3, 0.4) is 0 Å². The van der Waals surface area contributed by atoms with Gasteiger partial charge >= 0.3 is 0 Å². The zero-order valence-electron chi connectivity index (χ0n) is 9.21. The standard InChI is InChI=1S/C12H8ClN5/c13-12-16-6-9(7-17-12)18-11-10-8(3-5-15-11)2-1-4-14-10/h1-7H,(H,15,18). The summed E-state index contributed by atoms with van der Waals surface area (Å²) in [5.74, 6) is 0.666. The van der Waals surface area contributed by atoms with Crippen molar-refractivity contribution >= 4 is 34.0 Å². The molecule has 5 nitrogen and oxygen atoms in total. The lowest BCUT2D eigenvalue weighted by Gasteiger charge is -2.06. The Morgan fingerprint density at radius 1 is 0.944 bits per heavy atom. The van der Waals surface area contributed by atoms with Crippen LogP contribution < -0.4 is 5.32 Å². The van der Waals surface area contributed by atoms with Crippen LogP contribution >= 0.6 is 11.6 Å². The van der Waals surface area contributed by atoms with Crippen molar-refractivity contribution in [2.45, 2.75) is 0 Å². The van der Waals surface area contributed by atoms with Gasteiger partial charge in [0.15, 0.2) is 5.82 Å². The number of fused-ring (bicyclic) bond motifs is 1. The Balaban J connectivity index is 2.02. The maximum absolute atomic E-state index is 5.63. The molecule has 1 N–H and O–H groups in total. The molecule has 3 rings (SSSR count). The first-order valence-electron chi connectivity index (χ1n) is 5.27. The summed E-state index contributed by atoms with van der Waals surface area (Å²) in [7, 11) is 0. The van der Waals surface area contributed by atoms with Gasteiger partial charge in [-0.1, -0.05) is 6.07 Å². The minimum absolute atomic E-state index is 0.213. The molecule has 0 spiro atoms. The van der Waals surface area contributed by atoms with E-state index < -0.39 is 0 Å². The number of hydrogen-bond donors (Lipinski definition) is 1. The zero-order valence-corrected chi connectivity index (χ0v) is 9.96. The van der Waals surface area contributed by atoms with E-state index in [2.05, 4.69) is 25.3 Å². The van der Waals surface area contributed by atoms with Crippen LogP contribution in [0.25, 0.3) is 10.9 Å². The number of hydrogen-bond acceptors (Lipinski definition) is 5. The number of rotatable bonds is 2. The third-order valence-electron chi connectivity index (χ3n) is 2.40. The molecule has 88 valence electrons. The van der Waals surface area contributed by atoms with Gasteiger partial charge in [-0.3, -0.25) is 4.98 Å². The van der Waals surface area contributed by atoms with E-state index >= 15 is 0 Å². The molecule has 0 atom stereocenters. The molecule has 0 bridgehead atoms. The lowest BCUT2D eigenvalue weighted by molar-refractivity contribution is 1.16. The summed E-state index contributed by atoms with van der Waals surface area (Å²) in [6.45, 7) is 0. The second-order valence-corrected chi connectivity index (χ2v) is 3.94. The van der Waals surface area contributed by atoms with Crippen LogP contribution in [0.5, 0.6) is 0 Å². The number of nitrogens with one attached hydrogen (secondary N) is 1. The van der Waals surface area contributed by atoms with E-state index in [1.54, 1.807) is 24.8 Å². The van der Waals surface area contributed by atoms with Gasteiger partial charge < -0.3 is 5.32 Å². The summed E-state index contributed by atoms with van der Waals surface area (Å²) >= 11 is 5.63. The van der Waals surface area contributed by atoms with E-state index in [0.717, 1.165) is 10.9 Å². The largest absolute Gasteiger partial charge is 0.336 e. The normalized spacial score (nSPS) is 10.5. The fourth-order valence-corrected chi connectivity index (χ4v) is 1.71. The third-order valence-corrected chi connectivity index (χ3v) is 2.60.